The third-order valence-electron chi connectivity index (χ3n) is 3.08. The molecule has 0 saturated heterocycles. The third kappa shape index (κ3) is 2.54. The Bertz CT molecular complexity index is 865. The number of pyridine rings is 1. The number of carboxylic acid groups (broad SMARTS) is 1. The number of fused-ring (bicyclic) bond motifs is 1. The summed E-state index contributed by atoms with van der Waals surface area (Å²) in [6.45, 7) is 0. The monoisotopic (exact) mass is 315 g/mol. The number of hydrogen-bond acceptors (Lipinski definition) is 4. The summed E-state index contributed by atoms with van der Waals surface area (Å²) in [5.41, 5.74) is -0.478. The Hall–Kier alpha value is -2.79. The summed E-state index contributed by atoms with van der Waals surface area (Å²) >= 11 is 6.01. The van der Waals surface area contributed by atoms with Crippen molar-refractivity contribution >= 4 is 28.3 Å². The molecule has 0 bridgehead atoms. The van der Waals surface area contributed by atoms with Crippen LogP contribution in [-0.4, -0.2) is 21.2 Å². The fraction of sp³-hybridized carbons (Fsp3) is 0. The van der Waals surface area contributed by atoms with Crippen LogP contribution in [0.15, 0.2) is 48.5 Å². The van der Waals surface area contributed by atoms with E-state index in [4.69, 9.17) is 21.4 Å². The summed E-state index contributed by atoms with van der Waals surface area (Å²) in [5.74, 6) is -0.605. The van der Waals surface area contributed by atoms with Gasteiger partial charge in [-0.25, -0.2) is 9.78 Å². The number of aromatic carboxylic acids is 1. The fourth-order valence-corrected chi connectivity index (χ4v) is 2.32. The number of nitrogens with zero attached hydrogens (tertiary/aromatic N) is 1. The van der Waals surface area contributed by atoms with Gasteiger partial charge in [0.05, 0.1) is 0 Å². The normalized spacial score (nSPS) is 10.6. The summed E-state index contributed by atoms with van der Waals surface area (Å²) in [7, 11) is 0. The minimum Gasteiger partial charge on any atom is -0.505 e. The highest BCUT2D eigenvalue weighted by Gasteiger charge is 2.18. The van der Waals surface area contributed by atoms with E-state index in [2.05, 4.69) is 4.98 Å². The molecular weight excluding hydrogens is 306 g/mol. The number of para-hydroxylation sites is 1. The van der Waals surface area contributed by atoms with Crippen molar-refractivity contribution in [3.63, 3.8) is 0 Å². The maximum Gasteiger partial charge on any atom is 0.358 e. The van der Waals surface area contributed by atoms with E-state index in [0.29, 0.717) is 22.3 Å². The molecule has 110 valence electrons. The molecular formula is C16H10ClNO4. The van der Waals surface area contributed by atoms with Crippen LogP contribution in [0.4, 0.5) is 0 Å². The molecule has 0 fully saturated rings. The molecule has 2 N–H and O–H groups in total. The number of carbonyl (C=O) groups is 1. The summed E-state index contributed by atoms with van der Waals surface area (Å²) in [5, 5.41) is 19.7. The van der Waals surface area contributed by atoms with E-state index in [0.717, 1.165) is 0 Å². The van der Waals surface area contributed by atoms with E-state index >= 15 is 0 Å². The van der Waals surface area contributed by atoms with Gasteiger partial charge in [-0.15, -0.1) is 0 Å². The van der Waals surface area contributed by atoms with Crippen LogP contribution in [-0.2, 0) is 0 Å². The maximum absolute atomic E-state index is 11.0. The van der Waals surface area contributed by atoms with Crippen LogP contribution in [0.1, 0.15) is 10.5 Å². The first-order valence-electron chi connectivity index (χ1n) is 6.34. The lowest BCUT2D eigenvalue weighted by atomic mass is 10.1. The molecule has 0 radical (unpaired) electrons. The molecule has 0 saturated carbocycles. The van der Waals surface area contributed by atoms with E-state index < -0.39 is 17.4 Å². The van der Waals surface area contributed by atoms with Crippen molar-refractivity contribution < 1.29 is 19.7 Å². The highest BCUT2D eigenvalue weighted by atomic mass is 35.5. The van der Waals surface area contributed by atoms with E-state index in [1.807, 2.05) is 18.2 Å². The average molecular weight is 316 g/mol. The highest BCUT2D eigenvalue weighted by Crippen LogP contribution is 2.35. The zero-order chi connectivity index (χ0) is 15.7. The zero-order valence-corrected chi connectivity index (χ0v) is 11.9. The van der Waals surface area contributed by atoms with E-state index in [1.54, 1.807) is 30.3 Å². The summed E-state index contributed by atoms with van der Waals surface area (Å²) in [6, 6.07) is 13.9. The van der Waals surface area contributed by atoms with Gasteiger partial charge >= 0.3 is 5.97 Å². The van der Waals surface area contributed by atoms with Gasteiger partial charge in [-0.2, -0.15) is 0 Å². The highest BCUT2D eigenvalue weighted by molar-refractivity contribution is 6.34. The first-order chi connectivity index (χ1) is 10.6. The number of hydrogen-bond donors (Lipinski definition) is 2. The van der Waals surface area contributed by atoms with Crippen LogP contribution in [0.25, 0.3) is 10.8 Å². The molecule has 3 aromatic rings. The number of halogens is 1. The molecule has 1 heterocycles. The van der Waals surface area contributed by atoms with Crippen LogP contribution < -0.4 is 4.74 Å². The minimum absolute atomic E-state index is 0.0105. The van der Waals surface area contributed by atoms with Crippen LogP contribution in [0.2, 0.25) is 5.15 Å². The molecule has 0 aliphatic rings. The second-order valence-corrected chi connectivity index (χ2v) is 4.89. The number of benzene rings is 2. The van der Waals surface area contributed by atoms with Crippen LogP contribution in [0, 0.1) is 0 Å². The molecule has 22 heavy (non-hydrogen) atoms. The van der Waals surface area contributed by atoms with Gasteiger partial charge in [-0.1, -0.05) is 29.8 Å². The topological polar surface area (TPSA) is 79.7 Å². The number of aromatic hydroxyl groups is 1. The van der Waals surface area contributed by atoms with Crippen molar-refractivity contribution in [1.29, 1.82) is 0 Å². The molecule has 0 amide bonds. The SMILES string of the molecule is O=C(O)c1nc(Cl)c2cc(Oc3ccccc3)ccc2c1O. The first-order valence-corrected chi connectivity index (χ1v) is 6.72. The first kappa shape index (κ1) is 14.2. The van der Waals surface area contributed by atoms with Crippen LogP contribution >= 0.6 is 11.6 Å². The van der Waals surface area contributed by atoms with Gasteiger partial charge in [-0.05, 0) is 30.3 Å². The van der Waals surface area contributed by atoms with Crippen molar-refractivity contribution in [3.8, 4) is 17.2 Å². The maximum atomic E-state index is 11.0. The Labute approximate surface area is 130 Å². The van der Waals surface area contributed by atoms with Gasteiger partial charge in [-0.3, -0.25) is 0 Å². The van der Waals surface area contributed by atoms with Gasteiger partial charge in [0.15, 0.2) is 11.4 Å². The summed E-state index contributed by atoms with van der Waals surface area (Å²) < 4.78 is 5.67. The Morgan fingerprint density at radius 2 is 1.77 bits per heavy atom. The van der Waals surface area contributed by atoms with Gasteiger partial charge in [0.25, 0.3) is 0 Å². The third-order valence-corrected chi connectivity index (χ3v) is 3.37. The second-order valence-electron chi connectivity index (χ2n) is 4.53. The lowest BCUT2D eigenvalue weighted by molar-refractivity contribution is 0.0687. The molecule has 5 nitrogen and oxygen atoms in total. The number of ether oxygens (including phenoxy) is 1. The van der Waals surface area contributed by atoms with Crippen molar-refractivity contribution in [2.45, 2.75) is 0 Å². The Morgan fingerprint density at radius 3 is 2.45 bits per heavy atom. The number of rotatable bonds is 3. The lowest BCUT2D eigenvalue weighted by Crippen LogP contribution is -2.01. The molecule has 6 heteroatoms. The Morgan fingerprint density at radius 1 is 1.05 bits per heavy atom. The summed E-state index contributed by atoms with van der Waals surface area (Å²) in [6.07, 6.45) is 0. The van der Waals surface area contributed by atoms with Crippen molar-refractivity contribution in [1.82, 2.24) is 4.98 Å². The van der Waals surface area contributed by atoms with E-state index in [9.17, 15) is 9.90 Å². The van der Waals surface area contributed by atoms with Gasteiger partial charge in [0, 0.05) is 10.8 Å². The lowest BCUT2D eigenvalue weighted by Gasteiger charge is -2.09. The molecule has 0 unspecified atom stereocenters. The molecule has 0 aliphatic carbocycles. The second kappa shape index (κ2) is 5.54. The molecule has 0 spiro atoms. The van der Waals surface area contributed by atoms with E-state index in [1.165, 1.54) is 0 Å². The quantitative estimate of drug-likeness (QED) is 0.712. The molecule has 0 aliphatic heterocycles. The van der Waals surface area contributed by atoms with Crippen molar-refractivity contribution in [2.24, 2.45) is 0 Å². The van der Waals surface area contributed by atoms with E-state index in [-0.39, 0.29) is 5.15 Å². The van der Waals surface area contributed by atoms with Gasteiger partial charge < -0.3 is 14.9 Å². The summed E-state index contributed by atoms with van der Waals surface area (Å²) in [4.78, 5) is 14.7. The van der Waals surface area contributed by atoms with Crippen molar-refractivity contribution in [3.05, 3.63) is 59.4 Å². The smallest absolute Gasteiger partial charge is 0.358 e. The average Bonchev–Trinajstić information content (AvgIpc) is 2.51. The molecule has 2 aromatic carbocycles. The minimum atomic E-state index is -1.34. The predicted octanol–water partition coefficient (Wildman–Crippen LogP) is 4.08. The van der Waals surface area contributed by atoms with Crippen LogP contribution in [0.3, 0.4) is 0 Å². The standard InChI is InChI=1S/C16H10ClNO4/c17-15-12-8-10(22-9-4-2-1-3-5-9)6-7-11(12)14(19)13(18-15)16(20)21/h1-8,19H,(H,20,21). The van der Waals surface area contributed by atoms with Crippen LogP contribution in [0.5, 0.6) is 17.2 Å². The fourth-order valence-electron chi connectivity index (χ4n) is 2.08. The number of aromatic nitrogens is 1. The van der Waals surface area contributed by atoms with Crippen molar-refractivity contribution in [2.75, 3.05) is 0 Å². The van der Waals surface area contributed by atoms with Gasteiger partial charge in [0.1, 0.15) is 16.7 Å². The largest absolute Gasteiger partial charge is 0.505 e. The molecule has 0 atom stereocenters. The number of carboxylic acids is 1. The van der Waals surface area contributed by atoms with Gasteiger partial charge in [0.2, 0.25) is 0 Å². The predicted molar refractivity (Wildman–Crippen MR) is 81.9 cm³/mol. The Balaban J connectivity index is 2.09. The Kier molecular flexibility index (Phi) is 3.56. The zero-order valence-electron chi connectivity index (χ0n) is 11.2. The molecule has 1 aromatic heterocycles. The molecule has 3 rings (SSSR count).